The highest BCUT2D eigenvalue weighted by atomic mass is 15.2. The van der Waals surface area contributed by atoms with Crippen LogP contribution < -0.4 is 10.2 Å². The lowest BCUT2D eigenvalue weighted by molar-refractivity contribution is 0.153. The zero-order valence-corrected chi connectivity index (χ0v) is 13.8. The van der Waals surface area contributed by atoms with Crippen LogP contribution in [0, 0.1) is 0 Å². The molecule has 0 amide bonds. The van der Waals surface area contributed by atoms with Crippen molar-refractivity contribution in [2.45, 2.75) is 13.0 Å². The molecule has 1 aromatic rings. The van der Waals surface area contributed by atoms with Gasteiger partial charge in [-0.1, -0.05) is 12.1 Å². The quantitative estimate of drug-likeness (QED) is 0.768. The molecule has 0 unspecified atom stereocenters. The molecule has 1 saturated heterocycles. The fourth-order valence-corrected chi connectivity index (χ4v) is 2.64. The highest BCUT2D eigenvalue weighted by molar-refractivity contribution is 5.45. The second-order valence-electron chi connectivity index (χ2n) is 6.24. The van der Waals surface area contributed by atoms with Gasteiger partial charge in [0.1, 0.15) is 0 Å². The van der Waals surface area contributed by atoms with Gasteiger partial charge in [0.05, 0.1) is 0 Å². The van der Waals surface area contributed by atoms with Crippen molar-refractivity contribution in [1.82, 2.24) is 15.1 Å². The van der Waals surface area contributed by atoms with Gasteiger partial charge < -0.3 is 20.0 Å². The van der Waals surface area contributed by atoms with E-state index in [1.165, 1.54) is 50.4 Å². The van der Waals surface area contributed by atoms with Gasteiger partial charge in [0, 0.05) is 52.5 Å². The average Bonchev–Trinajstić information content (AvgIpc) is 2.49. The second-order valence-corrected chi connectivity index (χ2v) is 6.24. The van der Waals surface area contributed by atoms with Crippen LogP contribution in [0.5, 0.6) is 0 Å². The van der Waals surface area contributed by atoms with Gasteiger partial charge in [0.2, 0.25) is 0 Å². The molecular weight excluding hydrogens is 260 g/mol. The zero-order valence-electron chi connectivity index (χ0n) is 13.8. The first-order valence-corrected chi connectivity index (χ1v) is 8.03. The van der Waals surface area contributed by atoms with Crippen LogP contribution in [-0.2, 0) is 6.54 Å². The van der Waals surface area contributed by atoms with Crippen LogP contribution >= 0.6 is 0 Å². The lowest BCUT2D eigenvalue weighted by Gasteiger charge is -2.32. The number of nitrogens with zero attached hydrogens (tertiary/aromatic N) is 3. The Hall–Kier alpha value is -1.10. The molecule has 0 aromatic heterocycles. The van der Waals surface area contributed by atoms with E-state index in [2.05, 4.69) is 65.4 Å². The third-order valence-corrected chi connectivity index (χ3v) is 4.21. The zero-order chi connectivity index (χ0) is 15.1. The number of benzene rings is 1. The predicted molar refractivity (Wildman–Crippen MR) is 91.0 cm³/mol. The molecule has 4 nitrogen and oxygen atoms in total. The largest absolute Gasteiger partial charge is 0.378 e. The summed E-state index contributed by atoms with van der Waals surface area (Å²) < 4.78 is 0. The summed E-state index contributed by atoms with van der Waals surface area (Å²) in [5.41, 5.74) is 2.62. The minimum Gasteiger partial charge on any atom is -0.378 e. The topological polar surface area (TPSA) is 21.8 Å². The Morgan fingerprint density at radius 1 is 1.05 bits per heavy atom. The van der Waals surface area contributed by atoms with E-state index in [1.54, 1.807) is 0 Å². The monoisotopic (exact) mass is 290 g/mol. The van der Waals surface area contributed by atoms with Crippen LogP contribution in [0.4, 0.5) is 5.69 Å². The molecule has 1 aromatic carbocycles. The summed E-state index contributed by atoms with van der Waals surface area (Å²) >= 11 is 0. The SMILES string of the molecule is CN1CCN(CCCNCc2ccc(N(C)C)cc2)CC1. The van der Waals surface area contributed by atoms with E-state index < -0.39 is 0 Å². The average molecular weight is 290 g/mol. The number of likely N-dealkylation sites (N-methyl/N-ethyl adjacent to an activating group) is 1. The molecule has 1 N–H and O–H groups in total. The molecule has 4 heteroatoms. The van der Waals surface area contributed by atoms with Gasteiger partial charge >= 0.3 is 0 Å². The summed E-state index contributed by atoms with van der Waals surface area (Å²) in [6.07, 6.45) is 1.24. The fourth-order valence-electron chi connectivity index (χ4n) is 2.64. The van der Waals surface area contributed by atoms with Crippen molar-refractivity contribution in [2.75, 3.05) is 65.3 Å². The van der Waals surface area contributed by atoms with E-state index >= 15 is 0 Å². The van der Waals surface area contributed by atoms with Crippen LogP contribution in [0.2, 0.25) is 0 Å². The highest BCUT2D eigenvalue weighted by Crippen LogP contribution is 2.11. The molecule has 21 heavy (non-hydrogen) atoms. The van der Waals surface area contributed by atoms with Gasteiger partial charge in [-0.3, -0.25) is 0 Å². The Balaban J connectivity index is 1.57. The number of nitrogens with one attached hydrogen (secondary N) is 1. The van der Waals surface area contributed by atoms with Crippen LogP contribution in [0.15, 0.2) is 24.3 Å². The summed E-state index contributed by atoms with van der Waals surface area (Å²) in [6.45, 7) is 8.17. The number of rotatable bonds is 7. The summed E-state index contributed by atoms with van der Waals surface area (Å²) in [5, 5.41) is 3.55. The van der Waals surface area contributed by atoms with Crippen molar-refractivity contribution in [2.24, 2.45) is 0 Å². The van der Waals surface area contributed by atoms with Crippen molar-refractivity contribution in [3.63, 3.8) is 0 Å². The Kier molecular flexibility index (Phi) is 6.49. The number of hydrogen-bond acceptors (Lipinski definition) is 4. The minimum atomic E-state index is 0.969. The van der Waals surface area contributed by atoms with E-state index in [-0.39, 0.29) is 0 Å². The Morgan fingerprint density at radius 2 is 1.71 bits per heavy atom. The van der Waals surface area contributed by atoms with Crippen molar-refractivity contribution < 1.29 is 0 Å². The van der Waals surface area contributed by atoms with Gasteiger partial charge in [-0.25, -0.2) is 0 Å². The summed E-state index contributed by atoms with van der Waals surface area (Å²) in [4.78, 5) is 7.12. The molecule has 1 aliphatic heterocycles. The van der Waals surface area contributed by atoms with Crippen LogP contribution in [0.3, 0.4) is 0 Å². The molecular formula is C17H30N4. The fraction of sp³-hybridized carbons (Fsp3) is 0.647. The third-order valence-electron chi connectivity index (χ3n) is 4.21. The van der Waals surface area contributed by atoms with Crippen molar-refractivity contribution in [3.05, 3.63) is 29.8 Å². The van der Waals surface area contributed by atoms with E-state index in [0.29, 0.717) is 0 Å². The van der Waals surface area contributed by atoms with Gasteiger partial charge in [-0.15, -0.1) is 0 Å². The molecule has 0 spiro atoms. The molecule has 0 bridgehead atoms. The number of anilines is 1. The molecule has 0 saturated carbocycles. The molecule has 0 atom stereocenters. The number of hydrogen-bond donors (Lipinski definition) is 1. The molecule has 118 valence electrons. The van der Waals surface area contributed by atoms with E-state index in [0.717, 1.165) is 13.1 Å². The number of piperazine rings is 1. The van der Waals surface area contributed by atoms with Gasteiger partial charge in [-0.05, 0) is 44.3 Å². The second kappa shape index (κ2) is 8.37. The standard InChI is InChI=1S/C17H30N4/c1-19(2)17-7-5-16(6-8-17)15-18-9-4-10-21-13-11-20(3)12-14-21/h5-8,18H,4,9-15H2,1-3H3. The first kappa shape index (κ1) is 16.3. The van der Waals surface area contributed by atoms with E-state index in [9.17, 15) is 0 Å². The van der Waals surface area contributed by atoms with E-state index in [1.807, 2.05) is 0 Å². The van der Waals surface area contributed by atoms with Gasteiger partial charge in [-0.2, -0.15) is 0 Å². The minimum absolute atomic E-state index is 0.969. The lowest BCUT2D eigenvalue weighted by atomic mass is 10.2. The van der Waals surface area contributed by atoms with Crippen LogP contribution in [0.1, 0.15) is 12.0 Å². The predicted octanol–water partition coefficient (Wildman–Crippen LogP) is 1.48. The Labute approximate surface area is 129 Å². The van der Waals surface area contributed by atoms with Crippen LogP contribution in [-0.4, -0.2) is 70.2 Å². The lowest BCUT2D eigenvalue weighted by Crippen LogP contribution is -2.45. The first-order chi connectivity index (χ1) is 10.1. The van der Waals surface area contributed by atoms with Crippen LogP contribution in [0.25, 0.3) is 0 Å². The maximum atomic E-state index is 3.55. The summed E-state index contributed by atoms with van der Waals surface area (Å²) in [7, 11) is 6.36. The third kappa shape index (κ3) is 5.65. The smallest absolute Gasteiger partial charge is 0.0361 e. The molecule has 1 fully saturated rings. The van der Waals surface area contributed by atoms with Crippen molar-refractivity contribution >= 4 is 5.69 Å². The maximum Gasteiger partial charge on any atom is 0.0361 e. The Bertz CT molecular complexity index is 394. The molecule has 0 radical (unpaired) electrons. The first-order valence-electron chi connectivity index (χ1n) is 8.03. The molecule has 0 aliphatic carbocycles. The van der Waals surface area contributed by atoms with Crippen molar-refractivity contribution in [3.8, 4) is 0 Å². The van der Waals surface area contributed by atoms with Gasteiger partial charge in [0.15, 0.2) is 0 Å². The van der Waals surface area contributed by atoms with E-state index in [4.69, 9.17) is 0 Å². The highest BCUT2D eigenvalue weighted by Gasteiger charge is 2.12. The molecule has 2 rings (SSSR count). The molecule has 1 aliphatic rings. The normalized spacial score (nSPS) is 17.1. The van der Waals surface area contributed by atoms with Gasteiger partial charge in [0.25, 0.3) is 0 Å². The molecule has 1 heterocycles. The van der Waals surface area contributed by atoms with Crippen molar-refractivity contribution in [1.29, 1.82) is 0 Å². The maximum absolute atomic E-state index is 3.55. The summed E-state index contributed by atoms with van der Waals surface area (Å²) in [5.74, 6) is 0. The summed E-state index contributed by atoms with van der Waals surface area (Å²) in [6, 6.07) is 8.79. The Morgan fingerprint density at radius 3 is 2.33 bits per heavy atom.